The van der Waals surface area contributed by atoms with Crippen molar-refractivity contribution in [3.8, 4) is 17.2 Å². The lowest BCUT2D eigenvalue weighted by Gasteiger charge is -2.27. The molecule has 3 rings (SSSR count). The van der Waals surface area contributed by atoms with E-state index < -0.39 is 17.7 Å². The van der Waals surface area contributed by atoms with Crippen LogP contribution in [-0.2, 0) is 9.59 Å². The van der Waals surface area contributed by atoms with Crippen molar-refractivity contribution in [3.05, 3.63) is 59.2 Å². The lowest BCUT2D eigenvalue weighted by Crippen LogP contribution is -2.35. The molecule has 1 heterocycles. The fourth-order valence-corrected chi connectivity index (χ4v) is 3.82. The molecule has 0 aromatic heterocycles. The molecule has 33 heavy (non-hydrogen) atoms. The van der Waals surface area contributed by atoms with Gasteiger partial charge >= 0.3 is 0 Å². The molecule has 1 aliphatic rings. The van der Waals surface area contributed by atoms with Gasteiger partial charge in [-0.2, -0.15) is 0 Å². The number of hydrogen-bond donors (Lipinski definition) is 1. The number of likely N-dealkylation sites (N-methyl/N-ethyl adjacent to an activating group) is 1. The number of rotatable bonds is 9. The average Bonchev–Trinajstić information content (AvgIpc) is 3.07. The number of amides is 1. The van der Waals surface area contributed by atoms with E-state index in [-0.39, 0.29) is 11.3 Å². The second kappa shape index (κ2) is 10.4. The molecule has 1 amide bonds. The van der Waals surface area contributed by atoms with Gasteiger partial charge in [-0.3, -0.25) is 9.59 Å². The zero-order valence-electron chi connectivity index (χ0n) is 19.6. The van der Waals surface area contributed by atoms with Crippen LogP contribution in [0.25, 0.3) is 5.76 Å². The Kier molecular flexibility index (Phi) is 7.60. The van der Waals surface area contributed by atoms with Gasteiger partial charge in [0, 0.05) is 18.7 Å². The van der Waals surface area contributed by atoms with Crippen molar-refractivity contribution in [3.63, 3.8) is 0 Å². The summed E-state index contributed by atoms with van der Waals surface area (Å²) in [6, 6.07) is 11.2. The number of likely N-dealkylation sites (tertiary alicyclic amines) is 1. The van der Waals surface area contributed by atoms with Crippen molar-refractivity contribution in [2.75, 3.05) is 48.0 Å². The number of ether oxygens (including phenoxy) is 3. The van der Waals surface area contributed by atoms with Gasteiger partial charge in [0.1, 0.15) is 11.5 Å². The first-order chi connectivity index (χ1) is 15.8. The first-order valence-electron chi connectivity index (χ1n) is 10.7. The number of ketones is 1. The minimum atomic E-state index is -0.767. The minimum Gasteiger partial charge on any atom is -0.507 e. The highest BCUT2D eigenvalue weighted by atomic mass is 16.5. The molecule has 1 unspecified atom stereocenters. The average molecular weight is 455 g/mol. The van der Waals surface area contributed by atoms with Gasteiger partial charge in [0.05, 0.1) is 32.4 Å². The minimum absolute atomic E-state index is 0.0372. The van der Waals surface area contributed by atoms with Crippen molar-refractivity contribution < 1.29 is 28.9 Å². The summed E-state index contributed by atoms with van der Waals surface area (Å²) in [6.45, 7) is 3.27. The van der Waals surface area contributed by atoms with Gasteiger partial charge in [0.25, 0.3) is 11.7 Å². The van der Waals surface area contributed by atoms with E-state index in [1.807, 2.05) is 25.9 Å². The van der Waals surface area contributed by atoms with E-state index in [4.69, 9.17) is 14.2 Å². The molecule has 0 saturated carbocycles. The third-order valence-electron chi connectivity index (χ3n) is 5.49. The Balaban J connectivity index is 2.14. The molecule has 0 radical (unpaired) electrons. The number of Topliss-reactive ketones (excluding diaryl/α,β-unsaturated/α-hetero) is 1. The number of hydrogen-bond acceptors (Lipinski definition) is 7. The Bertz CT molecular complexity index is 1050. The van der Waals surface area contributed by atoms with Crippen LogP contribution in [0.15, 0.2) is 48.0 Å². The van der Waals surface area contributed by atoms with Crippen LogP contribution >= 0.6 is 0 Å². The van der Waals surface area contributed by atoms with Crippen molar-refractivity contribution in [1.29, 1.82) is 0 Å². The number of aliphatic hydroxyl groups excluding tert-OH is 1. The zero-order valence-corrected chi connectivity index (χ0v) is 19.6. The normalized spacial score (nSPS) is 17.5. The second-order valence-electron chi connectivity index (χ2n) is 7.87. The topological polar surface area (TPSA) is 88.5 Å². The van der Waals surface area contributed by atoms with E-state index in [1.54, 1.807) is 42.5 Å². The number of methoxy groups -OCH3 is 2. The summed E-state index contributed by atoms with van der Waals surface area (Å²) in [4.78, 5) is 29.5. The SMILES string of the molecule is CCOc1ccc(/C(O)=C2/C(=O)C(=O)N(CCN(C)C)C2c2ccc(OC)c(OC)c2)cc1. The van der Waals surface area contributed by atoms with Crippen LogP contribution in [0.5, 0.6) is 17.2 Å². The molecule has 2 aromatic carbocycles. The Morgan fingerprint density at radius 1 is 1.03 bits per heavy atom. The van der Waals surface area contributed by atoms with E-state index in [9.17, 15) is 14.7 Å². The molecule has 1 atom stereocenters. The van der Waals surface area contributed by atoms with Crippen molar-refractivity contribution >= 4 is 17.4 Å². The monoisotopic (exact) mass is 454 g/mol. The number of nitrogens with zero attached hydrogens (tertiary/aromatic N) is 2. The van der Waals surface area contributed by atoms with Crippen LogP contribution in [0.3, 0.4) is 0 Å². The summed E-state index contributed by atoms with van der Waals surface area (Å²) in [7, 11) is 6.83. The van der Waals surface area contributed by atoms with E-state index >= 15 is 0 Å². The predicted molar refractivity (Wildman–Crippen MR) is 125 cm³/mol. The maximum absolute atomic E-state index is 13.1. The molecule has 1 N–H and O–H groups in total. The molecule has 176 valence electrons. The zero-order chi connectivity index (χ0) is 24.1. The first-order valence-corrected chi connectivity index (χ1v) is 10.7. The maximum Gasteiger partial charge on any atom is 0.295 e. The van der Waals surface area contributed by atoms with Gasteiger partial charge < -0.3 is 29.1 Å². The van der Waals surface area contributed by atoms with Gasteiger partial charge in [-0.15, -0.1) is 0 Å². The van der Waals surface area contributed by atoms with Crippen LogP contribution < -0.4 is 14.2 Å². The van der Waals surface area contributed by atoms with Crippen LogP contribution in [-0.4, -0.2) is 74.6 Å². The van der Waals surface area contributed by atoms with Gasteiger partial charge in [-0.25, -0.2) is 0 Å². The fourth-order valence-electron chi connectivity index (χ4n) is 3.82. The van der Waals surface area contributed by atoms with Crippen molar-refractivity contribution in [2.24, 2.45) is 0 Å². The van der Waals surface area contributed by atoms with Crippen LogP contribution in [0.1, 0.15) is 24.1 Å². The molecule has 0 aliphatic carbocycles. The molecular weight excluding hydrogens is 424 g/mol. The van der Waals surface area contributed by atoms with Crippen LogP contribution in [0.4, 0.5) is 0 Å². The van der Waals surface area contributed by atoms with Gasteiger partial charge in [-0.05, 0) is 63.0 Å². The van der Waals surface area contributed by atoms with E-state index in [2.05, 4.69) is 0 Å². The van der Waals surface area contributed by atoms with Gasteiger partial charge in [0.15, 0.2) is 11.5 Å². The van der Waals surface area contributed by atoms with Crippen molar-refractivity contribution in [2.45, 2.75) is 13.0 Å². The van der Waals surface area contributed by atoms with Crippen LogP contribution in [0, 0.1) is 0 Å². The number of carbonyl (C=O) groups excluding carboxylic acids is 2. The summed E-state index contributed by atoms with van der Waals surface area (Å²) in [5.74, 6) is 0.0387. The molecule has 8 nitrogen and oxygen atoms in total. The summed E-state index contributed by atoms with van der Waals surface area (Å²) in [6.07, 6.45) is 0. The third kappa shape index (κ3) is 4.96. The predicted octanol–water partition coefficient (Wildman–Crippen LogP) is 3.09. The third-order valence-corrected chi connectivity index (χ3v) is 5.49. The highest BCUT2D eigenvalue weighted by Gasteiger charge is 2.46. The fraction of sp³-hybridized carbons (Fsp3) is 0.360. The highest BCUT2D eigenvalue weighted by Crippen LogP contribution is 2.41. The van der Waals surface area contributed by atoms with Gasteiger partial charge in [0.2, 0.25) is 0 Å². The molecular formula is C25H30N2O6. The standard InChI is InChI=1S/C25H30N2O6/c1-6-33-18-10-7-16(8-11-18)23(28)21-22(17-9-12-19(31-4)20(15-17)32-5)27(14-13-26(2)3)25(30)24(21)29/h7-12,15,22,28H,6,13-14H2,1-5H3/b23-21-. The number of aliphatic hydroxyl groups is 1. The molecule has 1 saturated heterocycles. The lowest BCUT2D eigenvalue weighted by molar-refractivity contribution is -0.140. The summed E-state index contributed by atoms with van der Waals surface area (Å²) in [5.41, 5.74) is 1.10. The quantitative estimate of drug-likeness (QED) is 0.354. The Hall–Kier alpha value is -3.52. The lowest BCUT2D eigenvalue weighted by atomic mass is 9.95. The molecule has 0 spiro atoms. The smallest absolute Gasteiger partial charge is 0.295 e. The largest absolute Gasteiger partial charge is 0.507 e. The Morgan fingerprint density at radius 3 is 2.27 bits per heavy atom. The Morgan fingerprint density at radius 2 is 1.70 bits per heavy atom. The molecule has 1 aliphatic heterocycles. The number of carbonyl (C=O) groups is 2. The molecule has 1 fully saturated rings. The Labute approximate surface area is 194 Å². The van der Waals surface area contributed by atoms with Gasteiger partial charge in [-0.1, -0.05) is 6.07 Å². The summed E-state index contributed by atoms with van der Waals surface area (Å²) in [5, 5.41) is 11.2. The van der Waals surface area contributed by atoms with Crippen LogP contribution in [0.2, 0.25) is 0 Å². The van der Waals surface area contributed by atoms with Crippen molar-refractivity contribution in [1.82, 2.24) is 9.80 Å². The van der Waals surface area contributed by atoms with E-state index in [1.165, 1.54) is 19.1 Å². The maximum atomic E-state index is 13.1. The molecule has 8 heteroatoms. The molecule has 2 aromatic rings. The van der Waals surface area contributed by atoms with E-state index in [0.717, 1.165) is 0 Å². The highest BCUT2D eigenvalue weighted by molar-refractivity contribution is 6.46. The second-order valence-corrected chi connectivity index (χ2v) is 7.87. The number of benzene rings is 2. The molecule has 0 bridgehead atoms. The summed E-state index contributed by atoms with van der Waals surface area (Å²) < 4.78 is 16.2. The first kappa shape index (κ1) is 24.1. The van der Waals surface area contributed by atoms with E-state index in [0.29, 0.717) is 48.1 Å². The summed E-state index contributed by atoms with van der Waals surface area (Å²) >= 11 is 0.